The molecule has 1 aromatic heterocycles. The fourth-order valence-corrected chi connectivity index (χ4v) is 2.27. The van der Waals surface area contributed by atoms with Crippen molar-refractivity contribution < 1.29 is 19.1 Å². The SMILES string of the molecule is COC(=O)CCN1CCN(Cc2cc(=O)c(O)co2)CC1. The van der Waals surface area contributed by atoms with Gasteiger partial charge in [-0.2, -0.15) is 0 Å². The minimum absolute atomic E-state index is 0.191. The number of carbonyl (C=O) groups excluding carboxylic acids is 1. The number of aromatic hydroxyl groups is 1. The molecule has 0 saturated carbocycles. The molecule has 7 heteroatoms. The van der Waals surface area contributed by atoms with E-state index in [4.69, 9.17) is 9.52 Å². The van der Waals surface area contributed by atoms with E-state index in [1.807, 2.05) is 0 Å². The number of nitrogens with zero attached hydrogens (tertiary/aromatic N) is 2. The van der Waals surface area contributed by atoms with Gasteiger partial charge in [0.05, 0.1) is 20.1 Å². The van der Waals surface area contributed by atoms with Crippen LogP contribution in [0.3, 0.4) is 0 Å². The second kappa shape index (κ2) is 7.24. The Morgan fingerprint density at radius 1 is 1.33 bits per heavy atom. The number of piperazine rings is 1. The van der Waals surface area contributed by atoms with Crippen LogP contribution in [0.4, 0.5) is 0 Å². The summed E-state index contributed by atoms with van der Waals surface area (Å²) >= 11 is 0. The number of ether oxygens (including phenoxy) is 1. The average Bonchev–Trinajstić information content (AvgIpc) is 2.50. The third kappa shape index (κ3) is 4.57. The Balaban J connectivity index is 1.77. The Kier molecular flexibility index (Phi) is 5.35. The first-order valence-electron chi connectivity index (χ1n) is 6.90. The summed E-state index contributed by atoms with van der Waals surface area (Å²) in [7, 11) is 1.39. The first kappa shape index (κ1) is 15.5. The van der Waals surface area contributed by atoms with Crippen molar-refractivity contribution in [1.29, 1.82) is 0 Å². The minimum atomic E-state index is -0.423. The highest BCUT2D eigenvalue weighted by atomic mass is 16.5. The molecule has 0 amide bonds. The Morgan fingerprint density at radius 2 is 2.00 bits per heavy atom. The summed E-state index contributed by atoms with van der Waals surface area (Å²) in [5.74, 6) is -0.0181. The van der Waals surface area contributed by atoms with Gasteiger partial charge >= 0.3 is 5.97 Å². The predicted octanol–water partition coefficient (Wildman–Crippen LogP) is 0.0261. The van der Waals surface area contributed by atoms with E-state index in [0.717, 1.165) is 32.4 Å². The molecule has 0 radical (unpaired) electrons. The average molecular weight is 296 g/mol. The van der Waals surface area contributed by atoms with Gasteiger partial charge in [0.2, 0.25) is 5.43 Å². The largest absolute Gasteiger partial charge is 0.502 e. The molecule has 0 aromatic carbocycles. The standard InChI is InChI=1S/C14H20N2O5/c1-20-14(19)2-3-15-4-6-16(7-5-15)9-11-8-12(17)13(18)10-21-11/h8,10,18H,2-7,9H2,1H3. The Morgan fingerprint density at radius 3 is 2.62 bits per heavy atom. The van der Waals surface area contributed by atoms with Crippen LogP contribution in [0.5, 0.6) is 5.75 Å². The highest BCUT2D eigenvalue weighted by Crippen LogP contribution is 2.10. The zero-order valence-electron chi connectivity index (χ0n) is 12.1. The van der Waals surface area contributed by atoms with Gasteiger partial charge in [-0.15, -0.1) is 0 Å². The third-order valence-corrected chi connectivity index (χ3v) is 3.57. The second-order valence-corrected chi connectivity index (χ2v) is 5.04. The Hall–Kier alpha value is -1.86. The van der Waals surface area contributed by atoms with Crippen LogP contribution in [-0.4, -0.2) is 60.7 Å². The first-order valence-corrected chi connectivity index (χ1v) is 6.90. The highest BCUT2D eigenvalue weighted by Gasteiger charge is 2.18. The quantitative estimate of drug-likeness (QED) is 0.767. The van der Waals surface area contributed by atoms with Gasteiger partial charge in [-0.3, -0.25) is 14.5 Å². The number of carbonyl (C=O) groups is 1. The maximum atomic E-state index is 11.3. The third-order valence-electron chi connectivity index (χ3n) is 3.57. The smallest absolute Gasteiger partial charge is 0.306 e. The lowest BCUT2D eigenvalue weighted by molar-refractivity contribution is -0.141. The molecule has 2 rings (SSSR count). The van der Waals surface area contributed by atoms with Crippen molar-refractivity contribution in [2.75, 3.05) is 39.8 Å². The van der Waals surface area contributed by atoms with Gasteiger partial charge in [0.1, 0.15) is 12.0 Å². The molecular formula is C14H20N2O5. The molecule has 21 heavy (non-hydrogen) atoms. The minimum Gasteiger partial charge on any atom is -0.502 e. The molecule has 0 unspecified atom stereocenters. The second-order valence-electron chi connectivity index (χ2n) is 5.04. The fraction of sp³-hybridized carbons (Fsp3) is 0.571. The van der Waals surface area contributed by atoms with E-state index in [0.29, 0.717) is 25.3 Å². The van der Waals surface area contributed by atoms with Crippen LogP contribution in [-0.2, 0) is 16.1 Å². The Bertz CT molecular complexity index is 534. The number of rotatable bonds is 5. The zero-order valence-corrected chi connectivity index (χ0v) is 12.1. The number of hydrogen-bond acceptors (Lipinski definition) is 7. The van der Waals surface area contributed by atoms with Crippen LogP contribution in [0.1, 0.15) is 12.2 Å². The summed E-state index contributed by atoms with van der Waals surface area (Å²) < 4.78 is 9.82. The summed E-state index contributed by atoms with van der Waals surface area (Å²) in [6.07, 6.45) is 1.48. The zero-order chi connectivity index (χ0) is 15.2. The van der Waals surface area contributed by atoms with E-state index < -0.39 is 5.43 Å². The molecule has 0 atom stereocenters. The van der Waals surface area contributed by atoms with Crippen molar-refractivity contribution >= 4 is 5.97 Å². The van der Waals surface area contributed by atoms with E-state index in [1.54, 1.807) is 0 Å². The molecule has 1 saturated heterocycles. The van der Waals surface area contributed by atoms with Gasteiger partial charge < -0.3 is 19.2 Å². The number of methoxy groups -OCH3 is 1. The van der Waals surface area contributed by atoms with Crippen molar-refractivity contribution in [3.8, 4) is 5.75 Å². The van der Waals surface area contributed by atoms with Crippen LogP contribution >= 0.6 is 0 Å². The van der Waals surface area contributed by atoms with E-state index in [9.17, 15) is 9.59 Å². The van der Waals surface area contributed by atoms with Crippen LogP contribution < -0.4 is 5.43 Å². The van der Waals surface area contributed by atoms with Crippen LogP contribution in [0.15, 0.2) is 21.5 Å². The summed E-state index contributed by atoms with van der Waals surface area (Å²) in [5, 5.41) is 9.14. The maximum Gasteiger partial charge on any atom is 0.306 e. The lowest BCUT2D eigenvalue weighted by Crippen LogP contribution is -2.46. The molecule has 7 nitrogen and oxygen atoms in total. The summed E-state index contributed by atoms with van der Waals surface area (Å²) in [6, 6.07) is 1.32. The molecule has 1 aromatic rings. The summed E-state index contributed by atoms with van der Waals surface area (Å²) in [4.78, 5) is 26.8. The van der Waals surface area contributed by atoms with Gasteiger partial charge in [-0.1, -0.05) is 0 Å². The molecule has 1 aliphatic rings. The van der Waals surface area contributed by atoms with E-state index in [2.05, 4.69) is 14.5 Å². The fourth-order valence-electron chi connectivity index (χ4n) is 2.27. The van der Waals surface area contributed by atoms with Gasteiger partial charge in [0.25, 0.3) is 0 Å². The molecule has 116 valence electrons. The molecule has 1 N–H and O–H groups in total. The lowest BCUT2D eigenvalue weighted by Gasteiger charge is -2.34. The van der Waals surface area contributed by atoms with Crippen LogP contribution in [0.25, 0.3) is 0 Å². The normalized spacial score (nSPS) is 16.8. The Labute approximate surface area is 122 Å². The molecule has 0 bridgehead atoms. The van der Waals surface area contributed by atoms with Crippen LogP contribution in [0, 0.1) is 0 Å². The van der Waals surface area contributed by atoms with Gasteiger partial charge in [-0.25, -0.2) is 0 Å². The molecule has 0 spiro atoms. The summed E-state index contributed by atoms with van der Waals surface area (Å²) in [5.41, 5.74) is -0.423. The van der Waals surface area contributed by atoms with E-state index >= 15 is 0 Å². The molecular weight excluding hydrogens is 276 g/mol. The van der Waals surface area contributed by atoms with Crippen molar-refractivity contribution in [3.63, 3.8) is 0 Å². The number of esters is 1. The predicted molar refractivity (Wildman–Crippen MR) is 75.0 cm³/mol. The van der Waals surface area contributed by atoms with Crippen molar-refractivity contribution in [2.24, 2.45) is 0 Å². The maximum absolute atomic E-state index is 11.3. The van der Waals surface area contributed by atoms with E-state index in [-0.39, 0.29) is 11.7 Å². The van der Waals surface area contributed by atoms with Gasteiger partial charge in [-0.05, 0) is 0 Å². The molecule has 1 aliphatic heterocycles. The first-order chi connectivity index (χ1) is 10.1. The monoisotopic (exact) mass is 296 g/mol. The highest BCUT2D eigenvalue weighted by molar-refractivity contribution is 5.69. The van der Waals surface area contributed by atoms with Crippen LogP contribution in [0.2, 0.25) is 0 Å². The van der Waals surface area contributed by atoms with Crippen molar-refractivity contribution in [3.05, 3.63) is 28.3 Å². The summed E-state index contributed by atoms with van der Waals surface area (Å²) in [6.45, 7) is 4.64. The molecule has 0 aliphatic carbocycles. The van der Waals surface area contributed by atoms with Crippen molar-refractivity contribution in [2.45, 2.75) is 13.0 Å². The van der Waals surface area contributed by atoms with E-state index in [1.165, 1.54) is 13.2 Å². The lowest BCUT2D eigenvalue weighted by atomic mass is 10.2. The van der Waals surface area contributed by atoms with Gasteiger partial charge in [0, 0.05) is 38.8 Å². The molecule has 2 heterocycles. The topological polar surface area (TPSA) is 83.2 Å². The van der Waals surface area contributed by atoms with Crippen molar-refractivity contribution in [1.82, 2.24) is 9.80 Å². The van der Waals surface area contributed by atoms with Gasteiger partial charge in [0.15, 0.2) is 5.75 Å². The molecule has 1 fully saturated rings. The number of hydrogen-bond donors (Lipinski definition) is 1.